The van der Waals surface area contributed by atoms with Crippen molar-refractivity contribution in [2.75, 3.05) is 30.8 Å². The quantitative estimate of drug-likeness (QED) is 0.762. The summed E-state index contributed by atoms with van der Waals surface area (Å²) in [5.41, 5.74) is 2.37. The van der Waals surface area contributed by atoms with E-state index < -0.39 is 10.0 Å². The van der Waals surface area contributed by atoms with Gasteiger partial charge >= 0.3 is 0 Å². The first-order chi connectivity index (χ1) is 12.9. The Morgan fingerprint density at radius 2 is 1.85 bits per heavy atom. The Bertz CT molecular complexity index is 930. The van der Waals surface area contributed by atoms with E-state index in [2.05, 4.69) is 0 Å². The van der Waals surface area contributed by atoms with E-state index in [1.165, 1.54) is 6.07 Å². The molecule has 7 heteroatoms. The van der Waals surface area contributed by atoms with Crippen LogP contribution < -0.4 is 4.90 Å². The van der Waals surface area contributed by atoms with Crippen molar-refractivity contribution < 1.29 is 17.6 Å². The molecule has 0 bridgehead atoms. The smallest absolute Gasteiger partial charge is 0.242 e. The maximum absolute atomic E-state index is 13.8. The summed E-state index contributed by atoms with van der Waals surface area (Å²) in [6.07, 6.45) is 3.04. The van der Waals surface area contributed by atoms with Crippen molar-refractivity contribution in [1.29, 1.82) is 0 Å². The number of rotatable bonds is 6. The molecule has 144 valence electrons. The van der Waals surface area contributed by atoms with Crippen molar-refractivity contribution in [1.82, 2.24) is 4.31 Å². The van der Waals surface area contributed by atoms with Crippen LogP contribution in [-0.2, 0) is 27.7 Å². The van der Waals surface area contributed by atoms with Crippen molar-refractivity contribution in [2.24, 2.45) is 0 Å². The van der Waals surface area contributed by atoms with Crippen LogP contribution in [0.4, 0.5) is 10.1 Å². The number of benzene rings is 2. The van der Waals surface area contributed by atoms with Gasteiger partial charge in [0.15, 0.2) is 0 Å². The molecule has 27 heavy (non-hydrogen) atoms. The van der Waals surface area contributed by atoms with Gasteiger partial charge in [0.2, 0.25) is 15.9 Å². The van der Waals surface area contributed by atoms with Gasteiger partial charge in [-0.2, -0.15) is 4.31 Å². The minimum Gasteiger partial charge on any atom is -0.311 e. The van der Waals surface area contributed by atoms with E-state index in [0.717, 1.165) is 34.7 Å². The molecule has 1 heterocycles. The summed E-state index contributed by atoms with van der Waals surface area (Å²) in [7, 11) is -3.60. The highest BCUT2D eigenvalue weighted by Crippen LogP contribution is 2.27. The second-order valence-electron chi connectivity index (χ2n) is 6.72. The van der Waals surface area contributed by atoms with Gasteiger partial charge in [0.25, 0.3) is 0 Å². The lowest BCUT2D eigenvalue weighted by molar-refractivity contribution is -0.118. The molecule has 1 aliphatic rings. The van der Waals surface area contributed by atoms with E-state index in [9.17, 15) is 17.6 Å². The lowest BCUT2D eigenvalue weighted by atomic mass is 10.0. The molecule has 3 rings (SSSR count). The molecule has 5 nitrogen and oxygen atoms in total. The zero-order valence-corrected chi connectivity index (χ0v) is 16.1. The van der Waals surface area contributed by atoms with E-state index in [0.29, 0.717) is 12.1 Å². The van der Waals surface area contributed by atoms with Crippen molar-refractivity contribution in [2.45, 2.75) is 19.3 Å². The summed E-state index contributed by atoms with van der Waals surface area (Å²) in [4.78, 5) is 14.5. The van der Waals surface area contributed by atoms with Crippen LogP contribution in [0.25, 0.3) is 0 Å². The second-order valence-corrected chi connectivity index (χ2v) is 8.70. The topological polar surface area (TPSA) is 57.7 Å². The first kappa shape index (κ1) is 19.5. The Kier molecular flexibility index (Phi) is 5.92. The van der Waals surface area contributed by atoms with Crippen LogP contribution >= 0.6 is 0 Å². The van der Waals surface area contributed by atoms with Gasteiger partial charge in [-0.3, -0.25) is 4.79 Å². The third-order valence-electron chi connectivity index (χ3n) is 4.78. The third kappa shape index (κ3) is 4.73. The van der Waals surface area contributed by atoms with Gasteiger partial charge in [0.1, 0.15) is 5.82 Å². The van der Waals surface area contributed by atoms with Gasteiger partial charge in [-0.15, -0.1) is 0 Å². The maximum Gasteiger partial charge on any atom is 0.242 e. The minimum absolute atomic E-state index is 0.0565. The Morgan fingerprint density at radius 3 is 2.59 bits per heavy atom. The van der Waals surface area contributed by atoms with E-state index in [1.54, 1.807) is 23.1 Å². The zero-order chi connectivity index (χ0) is 19.4. The Balaban J connectivity index is 1.74. The highest BCUT2D eigenvalue weighted by Gasteiger charge is 2.27. The highest BCUT2D eigenvalue weighted by molar-refractivity contribution is 7.88. The molecule has 0 radical (unpaired) electrons. The van der Waals surface area contributed by atoms with E-state index >= 15 is 0 Å². The average molecular weight is 390 g/mol. The number of sulfonamides is 1. The third-order valence-corrected chi connectivity index (χ3v) is 6.03. The Hall–Kier alpha value is -2.25. The van der Waals surface area contributed by atoms with Crippen LogP contribution in [0.3, 0.4) is 0 Å². The molecule has 1 amide bonds. The van der Waals surface area contributed by atoms with Crippen LogP contribution in [-0.4, -0.2) is 44.5 Å². The standard InChI is InChI=1S/C20H23FN2O3S/c1-27(25,26)22(14-12-16-7-2-4-10-18(16)21)15-20(24)23-13-6-9-17-8-3-5-11-19(17)23/h2-5,7-8,10-11H,6,9,12-15H2,1H3. The largest absolute Gasteiger partial charge is 0.311 e. The van der Waals surface area contributed by atoms with E-state index in [4.69, 9.17) is 0 Å². The van der Waals surface area contributed by atoms with Crippen molar-refractivity contribution >= 4 is 21.6 Å². The number of hydrogen-bond acceptors (Lipinski definition) is 3. The van der Waals surface area contributed by atoms with Gasteiger partial charge in [-0.25, -0.2) is 12.8 Å². The molecule has 0 fully saturated rings. The second kappa shape index (κ2) is 8.19. The number of halogens is 1. The average Bonchev–Trinajstić information content (AvgIpc) is 2.64. The fraction of sp³-hybridized carbons (Fsp3) is 0.350. The van der Waals surface area contributed by atoms with Gasteiger partial charge in [-0.05, 0) is 42.5 Å². The summed E-state index contributed by atoms with van der Waals surface area (Å²) < 4.78 is 39.3. The number of amides is 1. The maximum atomic E-state index is 13.8. The SMILES string of the molecule is CS(=O)(=O)N(CCc1ccccc1F)CC(=O)N1CCCc2ccccc21. The molecule has 2 aromatic rings. The van der Waals surface area contributed by atoms with Crippen molar-refractivity contribution in [3.05, 3.63) is 65.5 Å². The number of carbonyl (C=O) groups excluding carboxylic acids is 1. The fourth-order valence-electron chi connectivity index (χ4n) is 3.34. The summed E-state index contributed by atoms with van der Waals surface area (Å²) in [5.74, 6) is -0.636. The predicted molar refractivity (Wildman–Crippen MR) is 104 cm³/mol. The fourth-order valence-corrected chi connectivity index (χ4v) is 4.11. The molecule has 0 atom stereocenters. The number of aryl methyl sites for hydroxylation is 1. The lowest BCUT2D eigenvalue weighted by Crippen LogP contribution is -2.45. The summed E-state index contributed by atoms with van der Waals surface area (Å²) in [6.45, 7) is 0.378. The van der Waals surface area contributed by atoms with Crippen molar-refractivity contribution in [3.63, 3.8) is 0 Å². The summed E-state index contributed by atoms with van der Waals surface area (Å²) in [5, 5.41) is 0. The van der Waals surface area contributed by atoms with Gasteiger partial charge in [0, 0.05) is 18.8 Å². The van der Waals surface area contributed by atoms with E-state index in [-0.39, 0.29) is 31.2 Å². The number of fused-ring (bicyclic) bond motifs is 1. The molecular weight excluding hydrogens is 367 g/mol. The number of nitrogens with zero attached hydrogens (tertiary/aromatic N) is 2. The van der Waals surface area contributed by atoms with Crippen molar-refractivity contribution in [3.8, 4) is 0 Å². The summed E-state index contributed by atoms with van der Waals surface area (Å²) >= 11 is 0. The van der Waals surface area contributed by atoms with Gasteiger partial charge in [-0.1, -0.05) is 36.4 Å². The van der Waals surface area contributed by atoms with Crippen LogP contribution in [0.5, 0.6) is 0 Å². The minimum atomic E-state index is -3.60. The lowest BCUT2D eigenvalue weighted by Gasteiger charge is -2.31. The highest BCUT2D eigenvalue weighted by atomic mass is 32.2. The normalized spacial score (nSPS) is 14.3. The molecule has 0 spiro atoms. The molecule has 0 unspecified atom stereocenters. The number of carbonyl (C=O) groups is 1. The van der Waals surface area contributed by atoms with Crippen LogP contribution in [0.2, 0.25) is 0 Å². The van der Waals surface area contributed by atoms with Crippen LogP contribution in [0.1, 0.15) is 17.5 Å². The molecule has 0 saturated carbocycles. The first-order valence-corrected chi connectivity index (χ1v) is 10.8. The van der Waals surface area contributed by atoms with Gasteiger partial charge < -0.3 is 4.90 Å². The molecule has 0 saturated heterocycles. The molecule has 0 N–H and O–H groups in total. The molecule has 0 aliphatic carbocycles. The number of para-hydroxylation sites is 1. The summed E-state index contributed by atoms with van der Waals surface area (Å²) in [6, 6.07) is 13.9. The molecular formula is C20H23FN2O3S. The number of anilines is 1. The Labute approximate surface area is 159 Å². The van der Waals surface area contributed by atoms with Crippen LogP contribution in [0.15, 0.2) is 48.5 Å². The first-order valence-electron chi connectivity index (χ1n) is 8.93. The van der Waals surface area contributed by atoms with Gasteiger partial charge in [0.05, 0.1) is 12.8 Å². The predicted octanol–water partition coefficient (Wildman–Crippen LogP) is 2.61. The van der Waals surface area contributed by atoms with Crippen LogP contribution in [0, 0.1) is 5.82 Å². The molecule has 0 aromatic heterocycles. The monoisotopic (exact) mass is 390 g/mol. The van der Waals surface area contributed by atoms with E-state index in [1.807, 2.05) is 24.3 Å². The molecule has 1 aliphatic heterocycles. The molecule has 2 aromatic carbocycles. The zero-order valence-electron chi connectivity index (χ0n) is 15.3. The Morgan fingerprint density at radius 1 is 1.15 bits per heavy atom. The number of hydrogen-bond donors (Lipinski definition) is 0.